The molecule has 0 radical (unpaired) electrons. The van der Waals surface area contributed by atoms with E-state index in [-0.39, 0.29) is 12.5 Å². The molecule has 0 N–H and O–H groups in total. The van der Waals surface area contributed by atoms with Crippen molar-refractivity contribution in [3.8, 4) is 6.07 Å². The molecule has 0 bridgehead atoms. The summed E-state index contributed by atoms with van der Waals surface area (Å²) in [6.07, 6.45) is 2.39. The van der Waals surface area contributed by atoms with Crippen LogP contribution in [0.3, 0.4) is 0 Å². The molecule has 0 aliphatic carbocycles. The number of likely N-dealkylation sites (N-methyl/N-ethyl adjacent to an activating group) is 1. The second kappa shape index (κ2) is 6.95. The third-order valence-corrected chi connectivity index (χ3v) is 2.98. The Bertz CT molecular complexity index is 496. The van der Waals surface area contributed by atoms with Gasteiger partial charge in [-0.05, 0) is 12.5 Å². The van der Waals surface area contributed by atoms with Crippen LogP contribution in [-0.4, -0.2) is 43.0 Å². The van der Waals surface area contributed by atoms with E-state index in [1.165, 1.54) is 11.1 Å². The van der Waals surface area contributed by atoms with Crippen LogP contribution in [0.2, 0.25) is 5.02 Å². The van der Waals surface area contributed by atoms with Crippen LogP contribution in [0.5, 0.6) is 0 Å². The lowest BCUT2D eigenvalue weighted by molar-refractivity contribution is -0.127. The lowest BCUT2D eigenvalue weighted by Gasteiger charge is -2.25. The third-order valence-electron chi connectivity index (χ3n) is 2.61. The van der Waals surface area contributed by atoms with Crippen LogP contribution in [0.15, 0.2) is 12.3 Å². The summed E-state index contributed by atoms with van der Waals surface area (Å²) >= 11 is 6.15. The van der Waals surface area contributed by atoms with Gasteiger partial charge in [0.1, 0.15) is 16.9 Å². The van der Waals surface area contributed by atoms with Gasteiger partial charge in [-0.15, -0.1) is 0 Å². The van der Waals surface area contributed by atoms with Crippen molar-refractivity contribution >= 4 is 23.3 Å². The molecule has 0 saturated heterocycles. The van der Waals surface area contributed by atoms with E-state index in [2.05, 4.69) is 4.98 Å². The van der Waals surface area contributed by atoms with Gasteiger partial charge in [0, 0.05) is 26.8 Å². The van der Waals surface area contributed by atoms with Crippen molar-refractivity contribution in [1.29, 1.82) is 5.26 Å². The maximum Gasteiger partial charge on any atom is 0.241 e. The highest BCUT2D eigenvalue weighted by molar-refractivity contribution is 6.34. The molecule has 0 atom stereocenters. The number of hydrogen-bond acceptors (Lipinski definition) is 4. The first-order valence-electron chi connectivity index (χ1n) is 6.01. The van der Waals surface area contributed by atoms with Gasteiger partial charge in [0.15, 0.2) is 0 Å². The Kier molecular flexibility index (Phi) is 5.58. The number of aromatic nitrogens is 1. The minimum absolute atomic E-state index is 0.0336. The number of rotatable bonds is 5. The lowest BCUT2D eigenvalue weighted by atomic mass is 10.2. The Balaban J connectivity index is 3.06. The van der Waals surface area contributed by atoms with Gasteiger partial charge in [0.05, 0.1) is 12.1 Å². The van der Waals surface area contributed by atoms with Gasteiger partial charge < -0.3 is 9.80 Å². The maximum absolute atomic E-state index is 11.8. The van der Waals surface area contributed by atoms with Gasteiger partial charge in [-0.1, -0.05) is 18.5 Å². The molecule has 1 aromatic heterocycles. The zero-order valence-corrected chi connectivity index (χ0v) is 12.1. The molecular weight excluding hydrogens is 264 g/mol. The summed E-state index contributed by atoms with van der Waals surface area (Å²) in [5.74, 6) is 0.450. The zero-order chi connectivity index (χ0) is 14.4. The number of halogens is 1. The van der Waals surface area contributed by atoms with Gasteiger partial charge in [-0.25, -0.2) is 4.98 Å². The summed E-state index contributed by atoms with van der Waals surface area (Å²) in [6, 6.07) is 3.57. The Hall–Kier alpha value is -1.80. The molecule has 6 heteroatoms. The van der Waals surface area contributed by atoms with Crippen LogP contribution in [0.4, 0.5) is 5.82 Å². The van der Waals surface area contributed by atoms with E-state index in [0.29, 0.717) is 22.9 Å². The lowest BCUT2D eigenvalue weighted by Crippen LogP contribution is -2.37. The molecular formula is C13H17ClN4O. The minimum atomic E-state index is -0.0336. The average Bonchev–Trinajstić information content (AvgIpc) is 2.38. The number of nitriles is 1. The SMILES string of the molecule is CCCN(CC(=O)N(C)C)c1nccc(C#N)c1Cl. The highest BCUT2D eigenvalue weighted by Gasteiger charge is 2.17. The van der Waals surface area contributed by atoms with Gasteiger partial charge in [0.2, 0.25) is 5.91 Å². The third kappa shape index (κ3) is 3.83. The summed E-state index contributed by atoms with van der Waals surface area (Å²) in [7, 11) is 3.40. The van der Waals surface area contributed by atoms with E-state index in [9.17, 15) is 4.79 Å². The van der Waals surface area contributed by atoms with Crippen LogP contribution >= 0.6 is 11.6 Å². The molecule has 0 aliphatic heterocycles. The van der Waals surface area contributed by atoms with Crippen molar-refractivity contribution in [2.75, 3.05) is 32.1 Å². The second-order valence-corrected chi connectivity index (χ2v) is 4.70. The van der Waals surface area contributed by atoms with Crippen LogP contribution in [0, 0.1) is 11.3 Å². The standard InChI is InChI=1S/C13H17ClN4O/c1-4-7-18(9-11(19)17(2)3)13-12(14)10(8-15)5-6-16-13/h5-6H,4,7,9H2,1-3H3. The summed E-state index contributed by atoms with van der Waals surface area (Å²) < 4.78 is 0. The van der Waals surface area contributed by atoms with E-state index in [0.717, 1.165) is 6.42 Å². The average molecular weight is 281 g/mol. The molecule has 102 valence electrons. The van der Waals surface area contributed by atoms with Crippen molar-refractivity contribution in [2.45, 2.75) is 13.3 Å². The summed E-state index contributed by atoms with van der Waals surface area (Å²) in [4.78, 5) is 19.3. The monoisotopic (exact) mass is 280 g/mol. The fraction of sp³-hybridized carbons (Fsp3) is 0.462. The number of nitrogens with zero attached hydrogens (tertiary/aromatic N) is 4. The largest absolute Gasteiger partial charge is 0.347 e. The minimum Gasteiger partial charge on any atom is -0.347 e. The Morgan fingerprint density at radius 1 is 1.53 bits per heavy atom. The predicted molar refractivity (Wildman–Crippen MR) is 75.2 cm³/mol. The van der Waals surface area contributed by atoms with Gasteiger partial charge in [-0.3, -0.25) is 4.79 Å². The molecule has 1 amide bonds. The predicted octanol–water partition coefficient (Wildman–Crippen LogP) is 1.91. The van der Waals surface area contributed by atoms with Crippen molar-refractivity contribution in [3.05, 3.63) is 22.8 Å². The van der Waals surface area contributed by atoms with Crippen molar-refractivity contribution in [2.24, 2.45) is 0 Å². The maximum atomic E-state index is 11.8. The van der Waals surface area contributed by atoms with Crippen molar-refractivity contribution in [1.82, 2.24) is 9.88 Å². The summed E-state index contributed by atoms with van der Waals surface area (Å²) in [6.45, 7) is 2.86. The molecule has 1 aromatic rings. The molecule has 0 aromatic carbocycles. The molecule has 1 rings (SSSR count). The van der Waals surface area contributed by atoms with Crippen molar-refractivity contribution in [3.63, 3.8) is 0 Å². The quantitative estimate of drug-likeness (QED) is 0.827. The molecule has 19 heavy (non-hydrogen) atoms. The van der Waals surface area contributed by atoms with E-state index in [1.54, 1.807) is 25.1 Å². The van der Waals surface area contributed by atoms with E-state index in [1.807, 2.05) is 13.0 Å². The normalized spacial score (nSPS) is 9.84. The smallest absolute Gasteiger partial charge is 0.241 e. The molecule has 5 nitrogen and oxygen atoms in total. The molecule has 0 aliphatic rings. The molecule has 0 saturated carbocycles. The van der Waals surface area contributed by atoms with Gasteiger partial charge >= 0.3 is 0 Å². The Morgan fingerprint density at radius 2 is 2.21 bits per heavy atom. The fourth-order valence-electron chi connectivity index (χ4n) is 1.57. The van der Waals surface area contributed by atoms with E-state index in [4.69, 9.17) is 16.9 Å². The Morgan fingerprint density at radius 3 is 2.74 bits per heavy atom. The number of amides is 1. The summed E-state index contributed by atoms with van der Waals surface area (Å²) in [5.41, 5.74) is 0.366. The number of hydrogen-bond donors (Lipinski definition) is 0. The number of carbonyl (C=O) groups is 1. The number of anilines is 1. The zero-order valence-electron chi connectivity index (χ0n) is 11.4. The van der Waals surface area contributed by atoms with E-state index < -0.39 is 0 Å². The van der Waals surface area contributed by atoms with Crippen LogP contribution in [0.25, 0.3) is 0 Å². The number of carbonyl (C=O) groups excluding carboxylic acids is 1. The molecule has 0 unspecified atom stereocenters. The first-order valence-corrected chi connectivity index (χ1v) is 6.38. The first-order chi connectivity index (χ1) is 9.01. The van der Waals surface area contributed by atoms with Crippen LogP contribution < -0.4 is 4.90 Å². The molecule has 1 heterocycles. The Labute approximate surface area is 118 Å². The molecule has 0 fully saturated rings. The fourth-order valence-corrected chi connectivity index (χ4v) is 1.85. The van der Waals surface area contributed by atoms with Crippen molar-refractivity contribution < 1.29 is 4.79 Å². The second-order valence-electron chi connectivity index (χ2n) is 4.32. The topological polar surface area (TPSA) is 60.2 Å². The van der Waals surface area contributed by atoms with Gasteiger partial charge in [0.25, 0.3) is 0 Å². The number of pyridine rings is 1. The highest BCUT2D eigenvalue weighted by atomic mass is 35.5. The van der Waals surface area contributed by atoms with Crippen LogP contribution in [0.1, 0.15) is 18.9 Å². The molecule has 0 spiro atoms. The van der Waals surface area contributed by atoms with Gasteiger partial charge in [-0.2, -0.15) is 5.26 Å². The summed E-state index contributed by atoms with van der Waals surface area (Å²) in [5, 5.41) is 9.27. The van der Waals surface area contributed by atoms with Crippen LogP contribution in [-0.2, 0) is 4.79 Å². The first kappa shape index (κ1) is 15.3. The highest BCUT2D eigenvalue weighted by Crippen LogP contribution is 2.26. The van der Waals surface area contributed by atoms with E-state index >= 15 is 0 Å².